The number of aryl methyl sites for hydroxylation is 1. The van der Waals surface area contributed by atoms with Gasteiger partial charge in [-0.2, -0.15) is 0 Å². The molecule has 2 aromatic carbocycles. The number of methoxy groups -OCH3 is 1. The molecular weight excluding hydrogens is 244 g/mol. The Bertz CT molecular complexity index is 574. The third kappa shape index (κ3) is 3.41. The zero-order valence-corrected chi connectivity index (χ0v) is 13.2. The standard InChI is InChI=1S/C19H24O/c1-14-6-11-18(19(2,3)4)16(12-14)13-15-7-9-17(20-5)10-8-15/h6-12H,13H2,1-5H3. The average molecular weight is 268 g/mol. The molecule has 0 N–H and O–H groups in total. The number of rotatable bonds is 3. The molecule has 0 heterocycles. The van der Waals surface area contributed by atoms with Crippen LogP contribution in [0.15, 0.2) is 42.5 Å². The number of benzene rings is 2. The van der Waals surface area contributed by atoms with Crippen LogP contribution in [0.1, 0.15) is 43.0 Å². The first-order valence-electron chi connectivity index (χ1n) is 7.13. The lowest BCUT2D eigenvalue weighted by Gasteiger charge is -2.23. The van der Waals surface area contributed by atoms with Crippen molar-refractivity contribution in [3.8, 4) is 5.75 Å². The fourth-order valence-corrected chi connectivity index (χ4v) is 2.56. The van der Waals surface area contributed by atoms with E-state index in [1.54, 1.807) is 7.11 Å². The first-order chi connectivity index (χ1) is 9.40. The van der Waals surface area contributed by atoms with Crippen molar-refractivity contribution < 1.29 is 4.74 Å². The molecule has 0 amide bonds. The average Bonchev–Trinajstić information content (AvgIpc) is 2.38. The zero-order chi connectivity index (χ0) is 14.8. The molecule has 0 bridgehead atoms. The first kappa shape index (κ1) is 14.6. The van der Waals surface area contributed by atoms with E-state index in [4.69, 9.17) is 4.74 Å². The molecule has 0 aliphatic heterocycles. The normalized spacial score (nSPS) is 11.4. The van der Waals surface area contributed by atoms with Gasteiger partial charge < -0.3 is 4.74 Å². The van der Waals surface area contributed by atoms with E-state index in [0.29, 0.717) is 0 Å². The highest BCUT2D eigenvalue weighted by atomic mass is 16.5. The second kappa shape index (κ2) is 5.70. The van der Waals surface area contributed by atoms with E-state index < -0.39 is 0 Å². The van der Waals surface area contributed by atoms with Crippen LogP contribution in [0.2, 0.25) is 0 Å². The van der Waals surface area contributed by atoms with Crippen molar-refractivity contribution >= 4 is 0 Å². The van der Waals surface area contributed by atoms with Crippen LogP contribution in [0, 0.1) is 6.92 Å². The van der Waals surface area contributed by atoms with Crippen LogP contribution in [0.4, 0.5) is 0 Å². The Morgan fingerprint density at radius 1 is 0.950 bits per heavy atom. The summed E-state index contributed by atoms with van der Waals surface area (Å²) < 4.78 is 5.22. The van der Waals surface area contributed by atoms with Crippen LogP contribution < -0.4 is 4.74 Å². The van der Waals surface area contributed by atoms with Crippen LogP contribution in [0.5, 0.6) is 5.75 Å². The maximum atomic E-state index is 5.22. The highest BCUT2D eigenvalue weighted by Crippen LogP contribution is 2.28. The van der Waals surface area contributed by atoms with Gasteiger partial charge in [0.2, 0.25) is 0 Å². The summed E-state index contributed by atoms with van der Waals surface area (Å²) in [6.07, 6.45) is 0.971. The van der Waals surface area contributed by atoms with Crippen molar-refractivity contribution in [2.24, 2.45) is 0 Å². The molecule has 0 fully saturated rings. The fourth-order valence-electron chi connectivity index (χ4n) is 2.56. The van der Waals surface area contributed by atoms with Crippen molar-refractivity contribution in [3.05, 3.63) is 64.7 Å². The number of hydrogen-bond acceptors (Lipinski definition) is 1. The quantitative estimate of drug-likeness (QED) is 0.770. The van der Waals surface area contributed by atoms with E-state index in [0.717, 1.165) is 12.2 Å². The van der Waals surface area contributed by atoms with Gasteiger partial charge >= 0.3 is 0 Å². The SMILES string of the molecule is COc1ccc(Cc2cc(C)ccc2C(C)(C)C)cc1. The third-order valence-electron chi connectivity index (χ3n) is 3.62. The van der Waals surface area contributed by atoms with Crippen molar-refractivity contribution in [3.63, 3.8) is 0 Å². The van der Waals surface area contributed by atoms with Crippen molar-refractivity contribution in [2.75, 3.05) is 7.11 Å². The van der Waals surface area contributed by atoms with E-state index in [-0.39, 0.29) is 5.41 Å². The van der Waals surface area contributed by atoms with Crippen molar-refractivity contribution in [2.45, 2.75) is 39.5 Å². The summed E-state index contributed by atoms with van der Waals surface area (Å²) in [4.78, 5) is 0. The lowest BCUT2D eigenvalue weighted by Crippen LogP contribution is -2.14. The minimum Gasteiger partial charge on any atom is -0.497 e. The summed E-state index contributed by atoms with van der Waals surface area (Å²) in [7, 11) is 1.70. The molecule has 0 spiro atoms. The lowest BCUT2D eigenvalue weighted by atomic mass is 9.81. The van der Waals surface area contributed by atoms with E-state index >= 15 is 0 Å². The highest BCUT2D eigenvalue weighted by Gasteiger charge is 2.17. The second-order valence-electron chi connectivity index (χ2n) is 6.44. The summed E-state index contributed by atoms with van der Waals surface area (Å²) in [6.45, 7) is 8.98. The lowest BCUT2D eigenvalue weighted by molar-refractivity contribution is 0.414. The molecule has 2 rings (SSSR count). The largest absolute Gasteiger partial charge is 0.497 e. The Morgan fingerprint density at radius 2 is 1.60 bits per heavy atom. The molecule has 0 saturated carbocycles. The van der Waals surface area contributed by atoms with Crippen LogP contribution in [-0.4, -0.2) is 7.11 Å². The van der Waals surface area contributed by atoms with E-state index in [2.05, 4.69) is 58.0 Å². The van der Waals surface area contributed by atoms with Gasteiger partial charge in [-0.15, -0.1) is 0 Å². The Balaban J connectivity index is 2.34. The van der Waals surface area contributed by atoms with Crippen molar-refractivity contribution in [1.82, 2.24) is 0 Å². The van der Waals surface area contributed by atoms with Gasteiger partial charge in [0.25, 0.3) is 0 Å². The summed E-state index contributed by atoms with van der Waals surface area (Å²) in [5.74, 6) is 0.911. The van der Waals surface area contributed by atoms with Crippen LogP contribution in [0.3, 0.4) is 0 Å². The Hall–Kier alpha value is -1.76. The topological polar surface area (TPSA) is 9.23 Å². The van der Waals surface area contributed by atoms with Crippen LogP contribution in [-0.2, 0) is 11.8 Å². The van der Waals surface area contributed by atoms with E-state index in [9.17, 15) is 0 Å². The molecule has 2 aromatic rings. The number of ether oxygens (including phenoxy) is 1. The van der Waals surface area contributed by atoms with E-state index in [1.165, 1.54) is 22.3 Å². The molecule has 106 valence electrons. The summed E-state index contributed by atoms with van der Waals surface area (Å²) >= 11 is 0. The Morgan fingerprint density at radius 3 is 2.15 bits per heavy atom. The molecular formula is C19H24O. The minimum atomic E-state index is 0.176. The van der Waals surface area contributed by atoms with Gasteiger partial charge in [0, 0.05) is 0 Å². The Kier molecular flexibility index (Phi) is 4.17. The molecule has 0 aliphatic rings. The predicted octanol–water partition coefficient (Wildman–Crippen LogP) is 4.89. The summed E-state index contributed by atoms with van der Waals surface area (Å²) in [5.41, 5.74) is 5.67. The zero-order valence-electron chi connectivity index (χ0n) is 13.2. The maximum absolute atomic E-state index is 5.22. The molecule has 0 saturated heterocycles. The first-order valence-corrected chi connectivity index (χ1v) is 7.13. The van der Waals surface area contributed by atoms with Crippen molar-refractivity contribution in [1.29, 1.82) is 0 Å². The summed E-state index contributed by atoms with van der Waals surface area (Å²) in [6, 6.07) is 15.1. The monoisotopic (exact) mass is 268 g/mol. The van der Waals surface area contributed by atoms with Gasteiger partial charge in [0.1, 0.15) is 5.75 Å². The van der Waals surface area contributed by atoms with Crippen LogP contribution >= 0.6 is 0 Å². The molecule has 0 radical (unpaired) electrons. The maximum Gasteiger partial charge on any atom is 0.118 e. The van der Waals surface area contributed by atoms with Gasteiger partial charge in [0.15, 0.2) is 0 Å². The second-order valence-corrected chi connectivity index (χ2v) is 6.44. The fraction of sp³-hybridized carbons (Fsp3) is 0.368. The molecule has 0 unspecified atom stereocenters. The molecule has 1 nitrogen and oxygen atoms in total. The van der Waals surface area contributed by atoms with Crippen LogP contribution in [0.25, 0.3) is 0 Å². The molecule has 20 heavy (non-hydrogen) atoms. The molecule has 0 atom stereocenters. The van der Waals surface area contributed by atoms with Gasteiger partial charge in [0.05, 0.1) is 7.11 Å². The smallest absolute Gasteiger partial charge is 0.118 e. The summed E-state index contributed by atoms with van der Waals surface area (Å²) in [5, 5.41) is 0. The third-order valence-corrected chi connectivity index (χ3v) is 3.62. The van der Waals surface area contributed by atoms with E-state index in [1.807, 2.05) is 12.1 Å². The van der Waals surface area contributed by atoms with Gasteiger partial charge in [-0.1, -0.05) is 56.7 Å². The van der Waals surface area contributed by atoms with Gasteiger partial charge in [-0.25, -0.2) is 0 Å². The Labute approximate surface area is 122 Å². The molecule has 0 aromatic heterocycles. The highest BCUT2D eigenvalue weighted by molar-refractivity contribution is 5.40. The number of hydrogen-bond donors (Lipinski definition) is 0. The molecule has 0 aliphatic carbocycles. The predicted molar refractivity (Wildman–Crippen MR) is 85.7 cm³/mol. The minimum absolute atomic E-state index is 0.176. The molecule has 1 heteroatoms. The van der Waals surface area contributed by atoms with Gasteiger partial charge in [-0.3, -0.25) is 0 Å². The van der Waals surface area contributed by atoms with Gasteiger partial charge in [-0.05, 0) is 47.6 Å².